The fourth-order valence-electron chi connectivity index (χ4n) is 1.71. The van der Waals surface area contributed by atoms with Crippen LogP contribution in [-0.4, -0.2) is 11.9 Å². The molecule has 0 aliphatic carbocycles. The molecule has 1 atom stereocenters. The summed E-state index contributed by atoms with van der Waals surface area (Å²) in [5.41, 5.74) is 5.76. The predicted octanol–water partition coefficient (Wildman–Crippen LogP) is 2.64. The largest absolute Gasteiger partial charge is 0.387 e. The third-order valence-electron chi connectivity index (χ3n) is 2.47. The van der Waals surface area contributed by atoms with Crippen molar-refractivity contribution in [2.45, 2.75) is 51.5 Å². The Balaban J connectivity index is 2.34. The zero-order valence-electron chi connectivity index (χ0n) is 8.50. The highest BCUT2D eigenvalue weighted by atomic mass is 14.9. The maximum Gasteiger partial charge on any atom is 0.0940 e. The molecule has 0 aromatic rings. The summed E-state index contributed by atoms with van der Waals surface area (Å²) in [7, 11) is 0. The lowest BCUT2D eigenvalue weighted by molar-refractivity contribution is 0.558. The molecular weight excluding hydrogens is 160 g/mol. The molecule has 0 saturated carbocycles. The van der Waals surface area contributed by atoms with Gasteiger partial charge < -0.3 is 5.73 Å². The molecule has 1 rings (SSSR count). The van der Waals surface area contributed by atoms with E-state index in [1.54, 1.807) is 0 Å². The molecule has 0 amide bonds. The van der Waals surface area contributed by atoms with Crippen LogP contribution < -0.4 is 5.73 Å². The number of hydrogen-bond acceptors (Lipinski definition) is 2. The van der Waals surface area contributed by atoms with Crippen LogP contribution in [0.1, 0.15) is 45.4 Å². The molecule has 0 spiro atoms. The SMILES string of the molecule is C/C=C/CCC1CCCCC(N)=N1. The Morgan fingerprint density at radius 1 is 1.54 bits per heavy atom. The van der Waals surface area contributed by atoms with Crippen molar-refractivity contribution in [3.63, 3.8) is 0 Å². The number of rotatable bonds is 3. The van der Waals surface area contributed by atoms with E-state index in [0.29, 0.717) is 6.04 Å². The van der Waals surface area contributed by atoms with Gasteiger partial charge in [0.15, 0.2) is 0 Å². The normalized spacial score (nSPS) is 24.4. The van der Waals surface area contributed by atoms with Crippen LogP contribution >= 0.6 is 0 Å². The second-order valence-corrected chi connectivity index (χ2v) is 3.67. The number of allylic oxidation sites excluding steroid dienone is 2. The van der Waals surface area contributed by atoms with Crippen LogP contribution in [0.25, 0.3) is 0 Å². The first-order valence-corrected chi connectivity index (χ1v) is 5.26. The van der Waals surface area contributed by atoms with Gasteiger partial charge in [0.1, 0.15) is 0 Å². The predicted molar refractivity (Wildman–Crippen MR) is 57.9 cm³/mol. The Morgan fingerprint density at radius 3 is 3.15 bits per heavy atom. The summed E-state index contributed by atoms with van der Waals surface area (Å²) in [6.45, 7) is 2.06. The van der Waals surface area contributed by atoms with Crippen LogP contribution in [0.5, 0.6) is 0 Å². The molecule has 0 radical (unpaired) electrons. The Hall–Kier alpha value is -0.790. The second kappa shape index (κ2) is 5.79. The fourth-order valence-corrected chi connectivity index (χ4v) is 1.71. The first-order chi connectivity index (χ1) is 6.33. The summed E-state index contributed by atoms with van der Waals surface area (Å²) >= 11 is 0. The molecule has 1 aliphatic heterocycles. The van der Waals surface area contributed by atoms with Crippen LogP contribution in [-0.2, 0) is 0 Å². The van der Waals surface area contributed by atoms with E-state index in [0.717, 1.165) is 25.1 Å². The van der Waals surface area contributed by atoms with E-state index >= 15 is 0 Å². The van der Waals surface area contributed by atoms with Crippen molar-refractivity contribution < 1.29 is 0 Å². The van der Waals surface area contributed by atoms with E-state index in [1.165, 1.54) is 19.3 Å². The molecule has 1 aliphatic rings. The minimum atomic E-state index is 0.485. The monoisotopic (exact) mass is 180 g/mol. The van der Waals surface area contributed by atoms with Gasteiger partial charge in [-0.05, 0) is 32.6 Å². The van der Waals surface area contributed by atoms with Crippen molar-refractivity contribution >= 4 is 5.84 Å². The minimum absolute atomic E-state index is 0.485. The summed E-state index contributed by atoms with van der Waals surface area (Å²) in [6, 6.07) is 0.485. The van der Waals surface area contributed by atoms with Gasteiger partial charge in [0.25, 0.3) is 0 Å². The Kier molecular flexibility index (Phi) is 4.58. The van der Waals surface area contributed by atoms with E-state index in [4.69, 9.17) is 5.73 Å². The maximum absolute atomic E-state index is 5.76. The zero-order valence-corrected chi connectivity index (χ0v) is 8.50. The van der Waals surface area contributed by atoms with Crippen molar-refractivity contribution in [1.82, 2.24) is 0 Å². The van der Waals surface area contributed by atoms with Gasteiger partial charge in [-0.3, -0.25) is 4.99 Å². The highest BCUT2D eigenvalue weighted by Gasteiger charge is 2.10. The molecule has 0 saturated heterocycles. The molecule has 0 bridgehead atoms. The van der Waals surface area contributed by atoms with Gasteiger partial charge in [-0.25, -0.2) is 0 Å². The lowest BCUT2D eigenvalue weighted by Crippen LogP contribution is -2.13. The number of aliphatic imine (C=N–C) groups is 1. The molecule has 1 heterocycles. The summed E-state index contributed by atoms with van der Waals surface area (Å²) < 4.78 is 0. The average Bonchev–Trinajstić information content (AvgIpc) is 2.31. The lowest BCUT2D eigenvalue weighted by Gasteiger charge is -2.08. The summed E-state index contributed by atoms with van der Waals surface area (Å²) in [6.07, 6.45) is 11.3. The van der Waals surface area contributed by atoms with Crippen LogP contribution in [0.3, 0.4) is 0 Å². The summed E-state index contributed by atoms with van der Waals surface area (Å²) in [5.74, 6) is 0.864. The Morgan fingerprint density at radius 2 is 2.38 bits per heavy atom. The van der Waals surface area contributed by atoms with Gasteiger partial charge in [-0.2, -0.15) is 0 Å². The molecule has 74 valence electrons. The summed E-state index contributed by atoms with van der Waals surface area (Å²) in [5, 5.41) is 0. The molecule has 2 heteroatoms. The van der Waals surface area contributed by atoms with Gasteiger partial charge in [0, 0.05) is 6.42 Å². The number of nitrogens with two attached hydrogens (primary N) is 1. The highest BCUT2D eigenvalue weighted by molar-refractivity contribution is 5.80. The molecule has 1 unspecified atom stereocenters. The Bertz CT molecular complexity index is 194. The zero-order chi connectivity index (χ0) is 9.52. The number of nitrogens with zero attached hydrogens (tertiary/aromatic N) is 1. The number of amidine groups is 1. The van der Waals surface area contributed by atoms with E-state index in [2.05, 4.69) is 24.1 Å². The molecular formula is C11H20N2. The molecule has 0 fully saturated rings. The fraction of sp³-hybridized carbons (Fsp3) is 0.727. The van der Waals surface area contributed by atoms with Crippen LogP contribution in [0.2, 0.25) is 0 Å². The minimum Gasteiger partial charge on any atom is -0.387 e. The van der Waals surface area contributed by atoms with Crippen LogP contribution in [0, 0.1) is 0 Å². The van der Waals surface area contributed by atoms with E-state index in [9.17, 15) is 0 Å². The van der Waals surface area contributed by atoms with E-state index in [-0.39, 0.29) is 0 Å². The molecule has 13 heavy (non-hydrogen) atoms. The first kappa shape index (κ1) is 10.3. The topological polar surface area (TPSA) is 38.4 Å². The third-order valence-corrected chi connectivity index (χ3v) is 2.47. The van der Waals surface area contributed by atoms with Crippen molar-refractivity contribution in [1.29, 1.82) is 0 Å². The van der Waals surface area contributed by atoms with E-state index in [1.807, 2.05) is 0 Å². The molecule has 0 aromatic carbocycles. The van der Waals surface area contributed by atoms with Crippen molar-refractivity contribution in [3.05, 3.63) is 12.2 Å². The standard InChI is InChI=1S/C11H20N2/c1-2-3-4-7-10-8-5-6-9-11(12)13-10/h2-3,10H,4-9H2,1H3,(H2,12,13)/b3-2+. The summed E-state index contributed by atoms with van der Waals surface area (Å²) in [4.78, 5) is 4.51. The second-order valence-electron chi connectivity index (χ2n) is 3.67. The molecule has 2 nitrogen and oxygen atoms in total. The lowest BCUT2D eigenvalue weighted by atomic mass is 10.1. The quantitative estimate of drug-likeness (QED) is 0.666. The highest BCUT2D eigenvalue weighted by Crippen LogP contribution is 2.16. The first-order valence-electron chi connectivity index (χ1n) is 5.26. The van der Waals surface area contributed by atoms with E-state index < -0.39 is 0 Å². The Labute approximate surface area is 80.9 Å². The molecule has 2 N–H and O–H groups in total. The van der Waals surface area contributed by atoms with Gasteiger partial charge in [0.2, 0.25) is 0 Å². The molecule has 0 aromatic heterocycles. The number of hydrogen-bond donors (Lipinski definition) is 1. The van der Waals surface area contributed by atoms with Crippen LogP contribution in [0.15, 0.2) is 17.1 Å². The van der Waals surface area contributed by atoms with Gasteiger partial charge >= 0.3 is 0 Å². The average molecular weight is 180 g/mol. The van der Waals surface area contributed by atoms with Gasteiger partial charge in [-0.1, -0.05) is 18.6 Å². The van der Waals surface area contributed by atoms with Crippen molar-refractivity contribution in [2.75, 3.05) is 0 Å². The van der Waals surface area contributed by atoms with Gasteiger partial charge in [0.05, 0.1) is 11.9 Å². The van der Waals surface area contributed by atoms with Crippen molar-refractivity contribution in [3.8, 4) is 0 Å². The maximum atomic E-state index is 5.76. The van der Waals surface area contributed by atoms with Gasteiger partial charge in [-0.15, -0.1) is 0 Å². The third kappa shape index (κ3) is 4.11. The van der Waals surface area contributed by atoms with Crippen molar-refractivity contribution in [2.24, 2.45) is 10.7 Å². The smallest absolute Gasteiger partial charge is 0.0940 e. The van der Waals surface area contributed by atoms with Crippen LogP contribution in [0.4, 0.5) is 0 Å².